The highest BCUT2D eigenvalue weighted by Gasteiger charge is 2.07. The van der Waals surface area contributed by atoms with Crippen LogP contribution in [0, 0.1) is 0 Å². The summed E-state index contributed by atoms with van der Waals surface area (Å²) in [7, 11) is 1.46. The third-order valence-corrected chi connectivity index (χ3v) is 2.73. The first-order valence-corrected chi connectivity index (χ1v) is 6.33. The zero-order valence-electron chi connectivity index (χ0n) is 9.39. The van der Waals surface area contributed by atoms with Gasteiger partial charge in [0.15, 0.2) is 11.5 Å². The monoisotopic (exact) mass is 275 g/mol. The molecule has 1 aromatic rings. The van der Waals surface area contributed by atoms with Crippen molar-refractivity contribution in [2.45, 2.75) is 6.42 Å². The summed E-state index contributed by atoms with van der Waals surface area (Å²) in [5, 5.41) is 10.3. The molecule has 0 fully saturated rings. The highest BCUT2D eigenvalue weighted by molar-refractivity contribution is 7.93. The molecule has 17 heavy (non-hydrogen) atoms. The lowest BCUT2D eigenvalue weighted by Crippen LogP contribution is -1.91. The molecule has 0 aliphatic rings. The minimum absolute atomic E-state index is 0.0252. The smallest absolute Gasteiger partial charge is 0.166 e. The second-order valence-electron chi connectivity index (χ2n) is 3.27. The van der Waals surface area contributed by atoms with Gasteiger partial charge in [-0.15, -0.1) is 0 Å². The fourth-order valence-corrected chi connectivity index (χ4v) is 1.71. The zero-order valence-corrected chi connectivity index (χ0v) is 11.0. The van der Waals surface area contributed by atoms with E-state index in [9.17, 15) is 5.11 Å². The Hall–Kier alpha value is -0.910. The summed E-state index contributed by atoms with van der Waals surface area (Å²) in [5.41, 5.74) is 0.519. The van der Waals surface area contributed by atoms with Crippen LogP contribution in [0.15, 0.2) is 17.1 Å². The fraction of sp³-hybridized carbons (Fsp3) is 0.364. The van der Waals surface area contributed by atoms with Crippen LogP contribution in [-0.4, -0.2) is 35.3 Å². The second kappa shape index (κ2) is 7.42. The number of rotatable bonds is 6. The van der Waals surface area contributed by atoms with Crippen molar-refractivity contribution in [1.29, 1.82) is 0 Å². The third kappa shape index (κ3) is 4.46. The van der Waals surface area contributed by atoms with Crippen molar-refractivity contribution < 1.29 is 14.4 Å². The fourth-order valence-electron chi connectivity index (χ4n) is 1.23. The maximum absolute atomic E-state index is 9.80. The Kier molecular flexibility index (Phi) is 6.18. The Labute approximate surface area is 109 Å². The summed E-state index contributed by atoms with van der Waals surface area (Å²) >= 11 is 6.67. The van der Waals surface area contributed by atoms with E-state index >= 15 is 0 Å². The Balaban J connectivity index is 2.73. The molecule has 0 atom stereocenters. The normalized spacial score (nSPS) is 11.0. The minimum atomic E-state index is 0.0252. The summed E-state index contributed by atoms with van der Waals surface area (Å²) in [4.78, 5) is 4.13. The van der Waals surface area contributed by atoms with Crippen LogP contribution < -0.4 is 4.74 Å². The number of hydrogen-bond donors (Lipinski definition) is 2. The van der Waals surface area contributed by atoms with Crippen LogP contribution in [0.5, 0.6) is 11.5 Å². The number of hydrogen-bond acceptors (Lipinski definition) is 5. The number of benzene rings is 1. The topological polar surface area (TPSA) is 62.0 Å². The lowest BCUT2D eigenvalue weighted by atomic mass is 10.2. The molecule has 0 saturated heterocycles. The number of aliphatic imine (C=N–C) groups is 1. The van der Waals surface area contributed by atoms with Gasteiger partial charge in [0.2, 0.25) is 0 Å². The Morgan fingerprint density at radius 2 is 2.29 bits per heavy atom. The number of aromatic hydroxyl groups is 1. The zero-order chi connectivity index (χ0) is 12.7. The molecule has 0 unspecified atom stereocenters. The SMILES string of the molecule is COc1cc(Cl)cc(C=NCCCSO)c1O. The van der Waals surface area contributed by atoms with Gasteiger partial charge in [0.25, 0.3) is 0 Å². The standard InChI is InChI=1S/C11H14ClNO3S/c1-16-10-6-9(12)5-8(11(10)14)7-13-3-2-4-17-15/h5-7,14-15H,2-4H2,1H3. The maximum Gasteiger partial charge on any atom is 0.166 e. The molecule has 4 nitrogen and oxygen atoms in total. The molecule has 0 heterocycles. The predicted octanol–water partition coefficient (Wildman–Crippen LogP) is 3.07. The molecule has 1 aromatic carbocycles. The average molecular weight is 276 g/mol. The van der Waals surface area contributed by atoms with E-state index in [4.69, 9.17) is 20.9 Å². The number of ether oxygens (including phenoxy) is 1. The van der Waals surface area contributed by atoms with Crippen molar-refractivity contribution in [2.75, 3.05) is 19.4 Å². The van der Waals surface area contributed by atoms with Crippen LogP contribution in [0.3, 0.4) is 0 Å². The summed E-state index contributed by atoms with van der Waals surface area (Å²) in [6.07, 6.45) is 2.32. The Bertz CT molecular complexity index is 399. The number of nitrogens with zero attached hydrogens (tertiary/aromatic N) is 1. The quantitative estimate of drug-likeness (QED) is 0.476. The average Bonchev–Trinajstić information content (AvgIpc) is 2.32. The van der Waals surface area contributed by atoms with Crippen LogP contribution in [0.1, 0.15) is 12.0 Å². The van der Waals surface area contributed by atoms with Crippen molar-refractivity contribution in [3.63, 3.8) is 0 Å². The van der Waals surface area contributed by atoms with Gasteiger partial charge in [-0.25, -0.2) is 0 Å². The lowest BCUT2D eigenvalue weighted by molar-refractivity contribution is 0.373. The van der Waals surface area contributed by atoms with Crippen molar-refractivity contribution in [2.24, 2.45) is 4.99 Å². The highest BCUT2D eigenvalue weighted by atomic mass is 35.5. The molecule has 0 saturated carbocycles. The van der Waals surface area contributed by atoms with Gasteiger partial charge in [-0.2, -0.15) is 0 Å². The molecule has 0 aromatic heterocycles. The van der Waals surface area contributed by atoms with Gasteiger partial charge in [0, 0.05) is 35.2 Å². The van der Waals surface area contributed by atoms with Crippen LogP contribution >= 0.6 is 23.6 Å². The molecule has 94 valence electrons. The molecule has 0 aliphatic carbocycles. The van der Waals surface area contributed by atoms with Crippen molar-refractivity contribution in [3.8, 4) is 11.5 Å². The van der Waals surface area contributed by atoms with Crippen LogP contribution in [0.25, 0.3) is 0 Å². The van der Waals surface area contributed by atoms with E-state index in [0.717, 1.165) is 18.5 Å². The van der Waals surface area contributed by atoms with Gasteiger partial charge < -0.3 is 14.4 Å². The first-order chi connectivity index (χ1) is 8.19. The summed E-state index contributed by atoms with van der Waals surface area (Å²) in [6, 6.07) is 3.15. The largest absolute Gasteiger partial charge is 0.504 e. The van der Waals surface area contributed by atoms with E-state index in [0.29, 0.717) is 28.6 Å². The van der Waals surface area contributed by atoms with Gasteiger partial charge in [0.1, 0.15) is 0 Å². The van der Waals surface area contributed by atoms with Crippen LogP contribution in [-0.2, 0) is 0 Å². The van der Waals surface area contributed by atoms with Gasteiger partial charge in [-0.1, -0.05) is 11.6 Å². The number of phenols is 1. The van der Waals surface area contributed by atoms with E-state index < -0.39 is 0 Å². The number of phenolic OH excluding ortho intramolecular Hbond substituents is 1. The van der Waals surface area contributed by atoms with Gasteiger partial charge in [-0.05, 0) is 24.5 Å². The van der Waals surface area contributed by atoms with Gasteiger partial charge in [-0.3, -0.25) is 4.99 Å². The number of halogens is 1. The lowest BCUT2D eigenvalue weighted by Gasteiger charge is -2.06. The number of methoxy groups -OCH3 is 1. The predicted molar refractivity (Wildman–Crippen MR) is 71.8 cm³/mol. The van der Waals surface area contributed by atoms with E-state index in [-0.39, 0.29) is 5.75 Å². The molecule has 0 amide bonds. The molecule has 2 N–H and O–H groups in total. The molecular formula is C11H14ClNO3S. The maximum atomic E-state index is 9.80. The first kappa shape index (κ1) is 14.2. The molecule has 6 heteroatoms. The van der Waals surface area contributed by atoms with Crippen molar-refractivity contribution in [3.05, 3.63) is 22.7 Å². The molecule has 0 radical (unpaired) electrons. The summed E-state index contributed by atoms with van der Waals surface area (Å²) < 4.78 is 13.5. The van der Waals surface area contributed by atoms with E-state index in [1.165, 1.54) is 13.2 Å². The third-order valence-electron chi connectivity index (χ3n) is 2.04. The molecule has 0 bridgehead atoms. The molecule has 0 aliphatic heterocycles. The molecular weight excluding hydrogens is 262 g/mol. The van der Waals surface area contributed by atoms with E-state index in [1.54, 1.807) is 12.3 Å². The first-order valence-electron chi connectivity index (χ1n) is 5.01. The van der Waals surface area contributed by atoms with E-state index in [1.807, 2.05) is 0 Å². The van der Waals surface area contributed by atoms with Crippen LogP contribution in [0.4, 0.5) is 0 Å². The molecule has 0 spiro atoms. The molecule has 1 rings (SSSR count). The Morgan fingerprint density at radius 1 is 1.53 bits per heavy atom. The van der Waals surface area contributed by atoms with Gasteiger partial charge >= 0.3 is 0 Å². The van der Waals surface area contributed by atoms with Gasteiger partial charge in [0.05, 0.1) is 7.11 Å². The highest BCUT2D eigenvalue weighted by Crippen LogP contribution is 2.32. The summed E-state index contributed by atoms with van der Waals surface area (Å²) in [5.74, 6) is 0.990. The van der Waals surface area contributed by atoms with Crippen molar-refractivity contribution >= 4 is 29.9 Å². The van der Waals surface area contributed by atoms with E-state index in [2.05, 4.69) is 4.99 Å². The Morgan fingerprint density at radius 3 is 2.94 bits per heavy atom. The minimum Gasteiger partial charge on any atom is -0.504 e. The second-order valence-corrected chi connectivity index (χ2v) is 4.37. The van der Waals surface area contributed by atoms with Crippen LogP contribution in [0.2, 0.25) is 5.02 Å². The van der Waals surface area contributed by atoms with Crippen molar-refractivity contribution in [1.82, 2.24) is 0 Å². The summed E-state index contributed by atoms with van der Waals surface area (Å²) in [6.45, 7) is 0.585.